The first-order valence-corrected chi connectivity index (χ1v) is 7.18. The Hall–Kier alpha value is -2.15. The lowest BCUT2D eigenvalue weighted by Crippen LogP contribution is -2.25. The Balaban J connectivity index is 2.16. The Morgan fingerprint density at radius 3 is 2.71 bits per heavy atom. The number of hydrogen-bond donors (Lipinski definition) is 3. The first-order valence-electron chi connectivity index (χ1n) is 6.36. The highest BCUT2D eigenvalue weighted by atomic mass is 32.1. The quantitative estimate of drug-likeness (QED) is 0.812. The highest BCUT2D eigenvalue weighted by molar-refractivity contribution is 7.18. The molecule has 0 bridgehead atoms. The highest BCUT2D eigenvalue weighted by Gasteiger charge is 2.19. The molecule has 0 spiro atoms. The van der Waals surface area contributed by atoms with Gasteiger partial charge in [-0.15, -0.1) is 0 Å². The maximum absolute atomic E-state index is 13.1. The Labute approximate surface area is 126 Å². The van der Waals surface area contributed by atoms with Crippen LogP contribution in [0, 0.1) is 5.82 Å². The summed E-state index contributed by atoms with van der Waals surface area (Å²) in [6, 6.07) is 5.67. The van der Waals surface area contributed by atoms with Crippen molar-refractivity contribution < 1.29 is 9.18 Å². The molecule has 1 aromatic carbocycles. The van der Waals surface area contributed by atoms with Gasteiger partial charge in [0.15, 0.2) is 5.13 Å². The zero-order valence-electron chi connectivity index (χ0n) is 12.0. The van der Waals surface area contributed by atoms with Gasteiger partial charge in [-0.3, -0.25) is 4.79 Å². The fourth-order valence-corrected chi connectivity index (χ4v) is 2.61. The van der Waals surface area contributed by atoms with Crippen molar-refractivity contribution in [1.82, 2.24) is 4.98 Å². The van der Waals surface area contributed by atoms with Crippen LogP contribution in [0.1, 0.15) is 30.4 Å². The van der Waals surface area contributed by atoms with Gasteiger partial charge in [0.25, 0.3) is 5.91 Å². The topological polar surface area (TPSA) is 80.0 Å². The number of carbonyl (C=O) groups is 1. The van der Waals surface area contributed by atoms with E-state index in [0.29, 0.717) is 15.7 Å². The number of amides is 1. The van der Waals surface area contributed by atoms with E-state index in [2.05, 4.69) is 15.6 Å². The van der Waals surface area contributed by atoms with Gasteiger partial charge in [0.05, 0.1) is 0 Å². The van der Waals surface area contributed by atoms with Gasteiger partial charge in [-0.25, -0.2) is 9.37 Å². The summed E-state index contributed by atoms with van der Waals surface area (Å²) in [4.78, 5) is 16.6. The van der Waals surface area contributed by atoms with Crippen LogP contribution in [-0.2, 0) is 0 Å². The average Bonchev–Trinajstić information content (AvgIpc) is 2.67. The Morgan fingerprint density at radius 1 is 1.38 bits per heavy atom. The number of rotatable bonds is 3. The van der Waals surface area contributed by atoms with Crippen molar-refractivity contribution in [3.05, 3.63) is 35.0 Å². The predicted octanol–water partition coefficient (Wildman–Crippen LogP) is 3.33. The molecular weight excluding hydrogens is 291 g/mol. The fraction of sp³-hybridized carbons (Fsp3) is 0.286. The summed E-state index contributed by atoms with van der Waals surface area (Å²) in [5.74, 6) is -0.668. The van der Waals surface area contributed by atoms with E-state index in [4.69, 9.17) is 5.73 Å². The molecule has 0 aliphatic rings. The van der Waals surface area contributed by atoms with Gasteiger partial charge >= 0.3 is 0 Å². The van der Waals surface area contributed by atoms with Crippen molar-refractivity contribution >= 4 is 33.9 Å². The number of aromatic nitrogens is 1. The second-order valence-corrected chi connectivity index (χ2v) is 6.57. The van der Waals surface area contributed by atoms with E-state index in [0.717, 1.165) is 11.3 Å². The Morgan fingerprint density at radius 2 is 2.10 bits per heavy atom. The summed E-state index contributed by atoms with van der Waals surface area (Å²) in [5.41, 5.74) is 5.96. The number of halogens is 1. The molecule has 5 nitrogen and oxygen atoms in total. The van der Waals surface area contributed by atoms with Crippen molar-refractivity contribution in [2.75, 3.05) is 16.4 Å². The molecule has 112 valence electrons. The summed E-state index contributed by atoms with van der Waals surface area (Å²) in [7, 11) is 0. The van der Waals surface area contributed by atoms with Crippen LogP contribution in [-0.4, -0.2) is 16.4 Å². The minimum absolute atomic E-state index is 0.153. The predicted molar refractivity (Wildman–Crippen MR) is 84.3 cm³/mol. The van der Waals surface area contributed by atoms with Crippen LogP contribution in [0.3, 0.4) is 0 Å². The third-order valence-electron chi connectivity index (χ3n) is 2.42. The zero-order valence-corrected chi connectivity index (χ0v) is 12.8. The van der Waals surface area contributed by atoms with Crippen LogP contribution < -0.4 is 16.4 Å². The SMILES string of the molecule is CC(C)(C)Nc1nc(N)c(C(=O)Nc2cccc(F)c2)s1. The lowest BCUT2D eigenvalue weighted by molar-refractivity contribution is 0.103. The van der Waals surface area contributed by atoms with E-state index < -0.39 is 11.7 Å². The van der Waals surface area contributed by atoms with Gasteiger partial charge in [-0.1, -0.05) is 17.4 Å². The smallest absolute Gasteiger partial charge is 0.269 e. The molecule has 7 heteroatoms. The van der Waals surface area contributed by atoms with E-state index in [9.17, 15) is 9.18 Å². The molecule has 1 aromatic heterocycles. The highest BCUT2D eigenvalue weighted by Crippen LogP contribution is 2.28. The molecule has 1 heterocycles. The average molecular weight is 308 g/mol. The summed E-state index contributed by atoms with van der Waals surface area (Å²) in [6.45, 7) is 5.95. The molecular formula is C14H17FN4OS. The summed E-state index contributed by atoms with van der Waals surface area (Å²) in [6.07, 6.45) is 0. The van der Waals surface area contributed by atoms with Crippen molar-refractivity contribution in [3.8, 4) is 0 Å². The second-order valence-electron chi connectivity index (χ2n) is 5.57. The summed E-state index contributed by atoms with van der Waals surface area (Å²) < 4.78 is 13.1. The monoisotopic (exact) mass is 308 g/mol. The first kappa shape index (κ1) is 15.2. The minimum atomic E-state index is -0.417. The molecule has 0 aliphatic carbocycles. The van der Waals surface area contributed by atoms with Crippen molar-refractivity contribution in [2.45, 2.75) is 26.3 Å². The molecule has 2 rings (SSSR count). The lowest BCUT2D eigenvalue weighted by Gasteiger charge is -2.19. The van der Waals surface area contributed by atoms with Gasteiger partial charge in [0, 0.05) is 11.2 Å². The molecule has 0 saturated heterocycles. The number of benzene rings is 1. The van der Waals surface area contributed by atoms with E-state index in [1.165, 1.54) is 18.2 Å². The molecule has 21 heavy (non-hydrogen) atoms. The standard InChI is InChI=1S/C14H17FN4OS/c1-14(2,3)19-13-18-11(16)10(21-13)12(20)17-9-6-4-5-8(15)7-9/h4-7H,16H2,1-3H3,(H,17,20)(H,18,19). The molecule has 0 aliphatic heterocycles. The van der Waals surface area contributed by atoms with Crippen LogP contribution in [0.25, 0.3) is 0 Å². The van der Waals surface area contributed by atoms with Crippen molar-refractivity contribution in [3.63, 3.8) is 0 Å². The van der Waals surface area contributed by atoms with Crippen LogP contribution in [0.15, 0.2) is 24.3 Å². The number of nitrogens with one attached hydrogen (secondary N) is 2. The van der Waals surface area contributed by atoms with Crippen LogP contribution >= 0.6 is 11.3 Å². The van der Waals surface area contributed by atoms with Crippen LogP contribution in [0.2, 0.25) is 0 Å². The molecule has 0 radical (unpaired) electrons. The van der Waals surface area contributed by atoms with Crippen molar-refractivity contribution in [2.24, 2.45) is 0 Å². The number of carbonyl (C=O) groups excluding carboxylic acids is 1. The van der Waals surface area contributed by atoms with Crippen LogP contribution in [0.4, 0.5) is 21.0 Å². The normalized spacial score (nSPS) is 11.2. The van der Waals surface area contributed by atoms with Gasteiger partial charge in [-0.2, -0.15) is 0 Å². The molecule has 0 saturated carbocycles. The van der Waals surface area contributed by atoms with E-state index in [1.54, 1.807) is 6.07 Å². The lowest BCUT2D eigenvalue weighted by atomic mass is 10.1. The molecule has 2 aromatic rings. The molecule has 4 N–H and O–H groups in total. The third-order valence-corrected chi connectivity index (χ3v) is 3.41. The van der Waals surface area contributed by atoms with Gasteiger partial charge in [0.2, 0.25) is 0 Å². The fourth-order valence-electron chi connectivity index (χ4n) is 1.62. The maximum atomic E-state index is 13.1. The van der Waals surface area contributed by atoms with Crippen molar-refractivity contribution in [1.29, 1.82) is 0 Å². The van der Waals surface area contributed by atoms with Gasteiger partial charge < -0.3 is 16.4 Å². The molecule has 0 unspecified atom stereocenters. The number of anilines is 3. The first-order chi connectivity index (χ1) is 9.74. The van der Waals surface area contributed by atoms with E-state index >= 15 is 0 Å². The van der Waals surface area contributed by atoms with Crippen LogP contribution in [0.5, 0.6) is 0 Å². The molecule has 0 atom stereocenters. The molecule has 1 amide bonds. The van der Waals surface area contributed by atoms with E-state index in [1.807, 2.05) is 20.8 Å². The number of nitrogens with two attached hydrogens (primary N) is 1. The van der Waals surface area contributed by atoms with E-state index in [-0.39, 0.29) is 11.4 Å². The summed E-state index contributed by atoms with van der Waals surface area (Å²) in [5, 5.41) is 6.33. The van der Waals surface area contributed by atoms with Gasteiger partial charge in [0.1, 0.15) is 16.5 Å². The van der Waals surface area contributed by atoms with Gasteiger partial charge in [-0.05, 0) is 39.0 Å². The second kappa shape index (κ2) is 5.69. The number of nitrogen functional groups attached to an aromatic ring is 1. The Kier molecular flexibility index (Phi) is 4.13. The number of thiazole rings is 1. The number of nitrogens with zero attached hydrogens (tertiary/aromatic N) is 1. The zero-order chi connectivity index (χ0) is 15.6. The maximum Gasteiger partial charge on any atom is 0.269 e. The minimum Gasteiger partial charge on any atom is -0.382 e. The molecule has 0 fully saturated rings. The Bertz CT molecular complexity index is 663. The number of hydrogen-bond acceptors (Lipinski definition) is 5. The summed E-state index contributed by atoms with van der Waals surface area (Å²) >= 11 is 1.16. The largest absolute Gasteiger partial charge is 0.382 e. The third kappa shape index (κ3) is 4.16.